The highest BCUT2D eigenvalue weighted by Crippen LogP contribution is 2.35. The van der Waals surface area contributed by atoms with Gasteiger partial charge in [-0.1, -0.05) is 11.6 Å². The second-order valence-corrected chi connectivity index (χ2v) is 6.35. The quantitative estimate of drug-likeness (QED) is 0.589. The Hall–Kier alpha value is -1.96. The van der Waals surface area contributed by atoms with Gasteiger partial charge < -0.3 is 15.4 Å². The molecule has 0 saturated heterocycles. The standard InChI is InChI=1S/C16H17Cl2N5O2/c1-19-7-12(24)21-10-3-5-13(20-6-10)25-8-9-2-4-11-14(9)22-16(18)23-15(11)17/h3,5-6,9,19H,2,4,7-8H2,1H3,(H,21,24). The average Bonchev–Trinajstić information content (AvgIpc) is 2.97. The van der Waals surface area contributed by atoms with Crippen molar-refractivity contribution in [2.45, 2.75) is 18.8 Å². The number of anilines is 1. The molecule has 0 radical (unpaired) electrons. The molecule has 1 unspecified atom stereocenters. The molecule has 132 valence electrons. The van der Waals surface area contributed by atoms with Crippen molar-refractivity contribution in [2.24, 2.45) is 0 Å². The number of ether oxygens (including phenoxy) is 1. The van der Waals surface area contributed by atoms with E-state index in [1.165, 1.54) is 0 Å². The number of pyridine rings is 1. The minimum atomic E-state index is -0.131. The second kappa shape index (κ2) is 7.95. The molecule has 3 rings (SSSR count). The van der Waals surface area contributed by atoms with Crippen molar-refractivity contribution in [2.75, 3.05) is 25.5 Å². The zero-order valence-electron chi connectivity index (χ0n) is 13.6. The number of nitrogens with zero attached hydrogens (tertiary/aromatic N) is 3. The van der Waals surface area contributed by atoms with Crippen molar-refractivity contribution in [3.8, 4) is 5.88 Å². The summed E-state index contributed by atoms with van der Waals surface area (Å²) in [6, 6.07) is 3.46. The van der Waals surface area contributed by atoms with Crippen LogP contribution in [-0.4, -0.2) is 41.1 Å². The number of likely N-dealkylation sites (N-methyl/N-ethyl adjacent to an activating group) is 1. The van der Waals surface area contributed by atoms with Crippen molar-refractivity contribution < 1.29 is 9.53 Å². The highest BCUT2D eigenvalue weighted by Gasteiger charge is 2.28. The summed E-state index contributed by atoms with van der Waals surface area (Å²) < 4.78 is 5.75. The van der Waals surface area contributed by atoms with Crippen LogP contribution in [0.1, 0.15) is 23.6 Å². The van der Waals surface area contributed by atoms with Gasteiger partial charge in [0, 0.05) is 17.5 Å². The molecule has 1 atom stereocenters. The Kier molecular flexibility index (Phi) is 5.67. The van der Waals surface area contributed by atoms with E-state index in [1.54, 1.807) is 25.4 Å². The van der Waals surface area contributed by atoms with Gasteiger partial charge in [0.2, 0.25) is 17.1 Å². The highest BCUT2D eigenvalue weighted by atomic mass is 35.5. The molecule has 0 aliphatic heterocycles. The summed E-state index contributed by atoms with van der Waals surface area (Å²) in [7, 11) is 1.71. The van der Waals surface area contributed by atoms with Gasteiger partial charge in [0.05, 0.1) is 30.7 Å². The number of carbonyl (C=O) groups excluding carboxylic acids is 1. The topological polar surface area (TPSA) is 89.0 Å². The lowest BCUT2D eigenvalue weighted by Gasteiger charge is -2.12. The first kappa shape index (κ1) is 17.8. The van der Waals surface area contributed by atoms with Crippen molar-refractivity contribution in [1.29, 1.82) is 0 Å². The zero-order chi connectivity index (χ0) is 17.8. The third kappa shape index (κ3) is 4.36. The van der Waals surface area contributed by atoms with Gasteiger partial charge in [-0.05, 0) is 37.6 Å². The Bertz CT molecular complexity index is 770. The van der Waals surface area contributed by atoms with E-state index in [-0.39, 0.29) is 23.7 Å². The molecule has 7 nitrogen and oxygen atoms in total. The fourth-order valence-corrected chi connectivity index (χ4v) is 3.21. The Morgan fingerprint density at radius 1 is 1.36 bits per heavy atom. The Morgan fingerprint density at radius 3 is 2.92 bits per heavy atom. The summed E-state index contributed by atoms with van der Waals surface area (Å²) in [5.74, 6) is 0.449. The van der Waals surface area contributed by atoms with E-state index < -0.39 is 0 Å². The van der Waals surface area contributed by atoms with Crippen LogP contribution in [0.4, 0.5) is 5.69 Å². The molecular weight excluding hydrogens is 365 g/mol. The Balaban J connectivity index is 1.59. The maximum Gasteiger partial charge on any atom is 0.238 e. The number of carbonyl (C=O) groups is 1. The Morgan fingerprint density at radius 2 is 2.20 bits per heavy atom. The van der Waals surface area contributed by atoms with E-state index >= 15 is 0 Å². The fraction of sp³-hybridized carbons (Fsp3) is 0.375. The SMILES string of the molecule is CNCC(=O)Nc1ccc(OCC2CCc3c(Cl)nc(Cl)nc32)nc1. The van der Waals surface area contributed by atoms with E-state index in [9.17, 15) is 4.79 Å². The molecule has 1 amide bonds. The summed E-state index contributed by atoms with van der Waals surface area (Å²) in [4.78, 5) is 24.0. The van der Waals surface area contributed by atoms with Crippen molar-refractivity contribution in [3.05, 3.63) is 40.0 Å². The molecule has 1 aliphatic carbocycles. The molecule has 25 heavy (non-hydrogen) atoms. The molecule has 0 bridgehead atoms. The average molecular weight is 382 g/mol. The number of aromatic nitrogens is 3. The van der Waals surface area contributed by atoms with Gasteiger partial charge in [-0.3, -0.25) is 4.79 Å². The number of hydrogen-bond acceptors (Lipinski definition) is 6. The molecule has 2 aromatic heterocycles. The lowest BCUT2D eigenvalue weighted by Crippen LogP contribution is -2.25. The third-order valence-electron chi connectivity index (χ3n) is 3.88. The molecule has 1 aliphatic rings. The monoisotopic (exact) mass is 381 g/mol. The third-order valence-corrected chi connectivity index (χ3v) is 4.36. The molecule has 2 N–H and O–H groups in total. The van der Waals surface area contributed by atoms with E-state index in [4.69, 9.17) is 27.9 Å². The van der Waals surface area contributed by atoms with Gasteiger partial charge in [-0.15, -0.1) is 0 Å². The van der Waals surface area contributed by atoms with Crippen LogP contribution in [0.25, 0.3) is 0 Å². The number of hydrogen-bond donors (Lipinski definition) is 2. The van der Waals surface area contributed by atoms with Gasteiger partial charge in [0.15, 0.2) is 0 Å². The van der Waals surface area contributed by atoms with Crippen molar-refractivity contribution in [3.63, 3.8) is 0 Å². The first-order valence-electron chi connectivity index (χ1n) is 7.82. The van der Waals surface area contributed by atoms with Gasteiger partial charge >= 0.3 is 0 Å². The molecule has 9 heteroatoms. The van der Waals surface area contributed by atoms with Gasteiger partial charge in [0.25, 0.3) is 0 Å². The molecule has 0 fully saturated rings. The highest BCUT2D eigenvalue weighted by molar-refractivity contribution is 6.32. The van der Waals surface area contributed by atoms with E-state index in [0.29, 0.717) is 23.3 Å². The van der Waals surface area contributed by atoms with Crippen LogP contribution in [0.15, 0.2) is 18.3 Å². The second-order valence-electron chi connectivity index (χ2n) is 5.66. The maximum absolute atomic E-state index is 11.5. The van der Waals surface area contributed by atoms with Gasteiger partial charge in [-0.25, -0.2) is 15.0 Å². The fourth-order valence-electron chi connectivity index (χ4n) is 2.72. The first-order chi connectivity index (χ1) is 12.1. The van der Waals surface area contributed by atoms with Gasteiger partial charge in [0.1, 0.15) is 5.15 Å². The van der Waals surface area contributed by atoms with E-state index in [1.807, 2.05) is 0 Å². The maximum atomic E-state index is 11.5. The van der Waals surface area contributed by atoms with Crippen molar-refractivity contribution in [1.82, 2.24) is 20.3 Å². The van der Waals surface area contributed by atoms with Crippen LogP contribution in [-0.2, 0) is 11.2 Å². The lowest BCUT2D eigenvalue weighted by molar-refractivity contribution is -0.115. The van der Waals surface area contributed by atoms with Crippen LogP contribution < -0.4 is 15.4 Å². The number of amides is 1. The lowest BCUT2D eigenvalue weighted by atomic mass is 10.1. The minimum Gasteiger partial charge on any atom is -0.477 e. The number of halogens is 2. The van der Waals surface area contributed by atoms with Gasteiger partial charge in [-0.2, -0.15) is 0 Å². The molecule has 2 aromatic rings. The molecule has 0 saturated carbocycles. The molecular formula is C16H17Cl2N5O2. The molecule has 0 spiro atoms. The first-order valence-corrected chi connectivity index (χ1v) is 8.57. The summed E-state index contributed by atoms with van der Waals surface area (Å²) in [5, 5.41) is 6.07. The van der Waals surface area contributed by atoms with E-state index in [0.717, 1.165) is 24.1 Å². The summed E-state index contributed by atoms with van der Waals surface area (Å²) in [5.41, 5.74) is 2.40. The Labute approximate surface area is 155 Å². The molecule has 0 aromatic carbocycles. The normalized spacial score (nSPS) is 15.7. The summed E-state index contributed by atoms with van der Waals surface area (Å²) in [6.07, 6.45) is 3.24. The number of fused-ring (bicyclic) bond motifs is 1. The van der Waals surface area contributed by atoms with Crippen LogP contribution in [0.2, 0.25) is 10.4 Å². The van der Waals surface area contributed by atoms with Crippen molar-refractivity contribution >= 4 is 34.8 Å². The minimum absolute atomic E-state index is 0.102. The zero-order valence-corrected chi connectivity index (χ0v) is 15.1. The predicted octanol–water partition coefficient (Wildman–Crippen LogP) is 2.45. The number of rotatable bonds is 6. The summed E-state index contributed by atoms with van der Waals surface area (Å²) in [6.45, 7) is 0.668. The molecule has 2 heterocycles. The summed E-state index contributed by atoms with van der Waals surface area (Å²) >= 11 is 12.0. The predicted molar refractivity (Wildman–Crippen MR) is 95.4 cm³/mol. The van der Waals surface area contributed by atoms with Crippen LogP contribution in [0.3, 0.4) is 0 Å². The largest absolute Gasteiger partial charge is 0.477 e. The van der Waals surface area contributed by atoms with Crippen LogP contribution in [0, 0.1) is 0 Å². The number of nitrogens with one attached hydrogen (secondary N) is 2. The van der Waals surface area contributed by atoms with Crippen LogP contribution >= 0.6 is 23.2 Å². The van der Waals surface area contributed by atoms with Crippen LogP contribution in [0.5, 0.6) is 5.88 Å². The smallest absolute Gasteiger partial charge is 0.238 e. The van der Waals surface area contributed by atoms with E-state index in [2.05, 4.69) is 25.6 Å².